The van der Waals surface area contributed by atoms with Crippen molar-refractivity contribution in [3.05, 3.63) is 60.2 Å². The second-order valence-corrected chi connectivity index (χ2v) is 4.49. The van der Waals surface area contributed by atoms with Gasteiger partial charge in [-0.25, -0.2) is 0 Å². The Kier molecular flexibility index (Phi) is 4.21. The SMILES string of the molecule is O=C(Cc1ccc(-c2ccccc2)cc1)C(=O)C(F)(F)F. The number of hydrogen-bond acceptors (Lipinski definition) is 2. The van der Waals surface area contributed by atoms with Crippen LogP contribution in [0.1, 0.15) is 5.56 Å². The van der Waals surface area contributed by atoms with E-state index in [-0.39, 0.29) is 0 Å². The van der Waals surface area contributed by atoms with E-state index in [0.29, 0.717) is 5.56 Å². The van der Waals surface area contributed by atoms with Gasteiger partial charge in [-0.3, -0.25) is 9.59 Å². The van der Waals surface area contributed by atoms with Crippen molar-refractivity contribution in [2.24, 2.45) is 0 Å². The highest BCUT2D eigenvalue weighted by molar-refractivity contribution is 6.39. The number of halogens is 3. The third-order valence-electron chi connectivity index (χ3n) is 2.94. The minimum absolute atomic E-state index is 0.372. The van der Waals surface area contributed by atoms with Gasteiger partial charge in [0.25, 0.3) is 0 Å². The van der Waals surface area contributed by atoms with E-state index < -0.39 is 24.2 Å². The van der Waals surface area contributed by atoms with E-state index in [4.69, 9.17) is 0 Å². The second-order valence-electron chi connectivity index (χ2n) is 4.49. The molecule has 2 nitrogen and oxygen atoms in total. The van der Waals surface area contributed by atoms with Gasteiger partial charge in [-0.05, 0) is 16.7 Å². The summed E-state index contributed by atoms with van der Waals surface area (Å²) in [4.78, 5) is 22.0. The highest BCUT2D eigenvalue weighted by Gasteiger charge is 2.42. The molecule has 2 aromatic carbocycles. The van der Waals surface area contributed by atoms with Gasteiger partial charge in [0, 0.05) is 6.42 Å². The molecular formula is C16H11F3O2. The zero-order valence-electron chi connectivity index (χ0n) is 10.9. The van der Waals surface area contributed by atoms with E-state index in [1.807, 2.05) is 30.3 Å². The minimum atomic E-state index is -5.11. The van der Waals surface area contributed by atoms with Crippen molar-refractivity contribution in [2.45, 2.75) is 12.6 Å². The van der Waals surface area contributed by atoms with E-state index in [9.17, 15) is 22.8 Å². The molecule has 0 radical (unpaired) electrons. The highest BCUT2D eigenvalue weighted by Crippen LogP contribution is 2.21. The van der Waals surface area contributed by atoms with Crippen LogP contribution in [-0.4, -0.2) is 17.7 Å². The predicted molar refractivity (Wildman–Crippen MR) is 71.7 cm³/mol. The molecule has 0 aliphatic heterocycles. The van der Waals surface area contributed by atoms with Crippen LogP contribution in [0.3, 0.4) is 0 Å². The molecule has 0 aliphatic carbocycles. The molecule has 0 N–H and O–H groups in total. The average Bonchev–Trinajstić information content (AvgIpc) is 2.47. The number of rotatable bonds is 4. The first kappa shape index (κ1) is 15.0. The summed E-state index contributed by atoms with van der Waals surface area (Å²) in [6.07, 6.45) is -5.66. The molecule has 0 fully saturated rings. The monoisotopic (exact) mass is 292 g/mol. The Bertz CT molecular complexity index is 643. The van der Waals surface area contributed by atoms with E-state index in [0.717, 1.165) is 11.1 Å². The summed E-state index contributed by atoms with van der Waals surface area (Å²) in [5, 5.41) is 0. The summed E-state index contributed by atoms with van der Waals surface area (Å²) in [5.74, 6) is -3.76. The average molecular weight is 292 g/mol. The van der Waals surface area contributed by atoms with Crippen LogP contribution in [-0.2, 0) is 16.0 Å². The van der Waals surface area contributed by atoms with Gasteiger partial charge >= 0.3 is 12.0 Å². The Balaban J connectivity index is 2.10. The molecule has 2 rings (SSSR count). The molecule has 0 atom stereocenters. The van der Waals surface area contributed by atoms with Gasteiger partial charge in [-0.15, -0.1) is 0 Å². The second kappa shape index (κ2) is 5.91. The fourth-order valence-electron chi connectivity index (χ4n) is 1.87. The van der Waals surface area contributed by atoms with E-state index in [1.165, 1.54) is 0 Å². The lowest BCUT2D eigenvalue weighted by Crippen LogP contribution is -2.31. The molecule has 108 valence electrons. The quantitative estimate of drug-likeness (QED) is 0.807. The van der Waals surface area contributed by atoms with Gasteiger partial charge in [-0.2, -0.15) is 13.2 Å². The molecule has 0 saturated heterocycles. The molecular weight excluding hydrogens is 281 g/mol. The largest absolute Gasteiger partial charge is 0.458 e. The lowest BCUT2D eigenvalue weighted by atomic mass is 10.0. The number of Topliss-reactive ketones (excluding diaryl/α,β-unsaturated/α-hetero) is 2. The number of benzene rings is 2. The first-order valence-corrected chi connectivity index (χ1v) is 6.16. The Morgan fingerprint density at radius 3 is 1.86 bits per heavy atom. The van der Waals surface area contributed by atoms with Crippen molar-refractivity contribution in [3.8, 4) is 11.1 Å². The van der Waals surface area contributed by atoms with Crippen molar-refractivity contribution in [1.82, 2.24) is 0 Å². The van der Waals surface area contributed by atoms with E-state index in [2.05, 4.69) is 0 Å². The molecule has 2 aromatic rings. The third kappa shape index (κ3) is 3.78. The van der Waals surface area contributed by atoms with Gasteiger partial charge in [0.05, 0.1) is 0 Å². The Hall–Kier alpha value is -2.43. The van der Waals surface area contributed by atoms with Crippen LogP contribution in [0.15, 0.2) is 54.6 Å². The maximum absolute atomic E-state index is 12.1. The third-order valence-corrected chi connectivity index (χ3v) is 2.94. The minimum Gasteiger partial charge on any atom is -0.290 e. The van der Waals surface area contributed by atoms with Gasteiger partial charge in [0.15, 0.2) is 0 Å². The number of carbonyl (C=O) groups is 2. The number of hydrogen-bond donors (Lipinski definition) is 0. The van der Waals surface area contributed by atoms with Crippen LogP contribution < -0.4 is 0 Å². The first-order valence-electron chi connectivity index (χ1n) is 6.16. The zero-order chi connectivity index (χ0) is 15.5. The van der Waals surface area contributed by atoms with Crippen LogP contribution in [0, 0.1) is 0 Å². The predicted octanol–water partition coefficient (Wildman–Crippen LogP) is 3.60. The molecule has 0 heterocycles. The summed E-state index contributed by atoms with van der Waals surface area (Å²) >= 11 is 0. The van der Waals surface area contributed by atoms with Crippen LogP contribution >= 0.6 is 0 Å². The van der Waals surface area contributed by atoms with Crippen molar-refractivity contribution in [1.29, 1.82) is 0 Å². The smallest absolute Gasteiger partial charge is 0.290 e. The maximum atomic E-state index is 12.1. The maximum Gasteiger partial charge on any atom is 0.458 e. The molecule has 0 amide bonds. The zero-order valence-corrected chi connectivity index (χ0v) is 10.9. The lowest BCUT2D eigenvalue weighted by Gasteiger charge is -2.05. The molecule has 21 heavy (non-hydrogen) atoms. The van der Waals surface area contributed by atoms with Crippen molar-refractivity contribution in [2.75, 3.05) is 0 Å². The fraction of sp³-hybridized carbons (Fsp3) is 0.125. The molecule has 0 aliphatic rings. The molecule has 0 spiro atoms. The molecule has 0 bridgehead atoms. The molecule has 0 saturated carbocycles. The lowest BCUT2D eigenvalue weighted by molar-refractivity contribution is -0.174. The highest BCUT2D eigenvalue weighted by atomic mass is 19.4. The molecule has 5 heteroatoms. The van der Waals surface area contributed by atoms with Crippen molar-refractivity contribution in [3.63, 3.8) is 0 Å². The van der Waals surface area contributed by atoms with E-state index in [1.54, 1.807) is 24.3 Å². The normalized spacial score (nSPS) is 11.2. The standard InChI is InChI=1S/C16H11F3O2/c17-16(18,19)15(21)14(20)10-11-6-8-13(9-7-11)12-4-2-1-3-5-12/h1-9H,10H2. The van der Waals surface area contributed by atoms with Crippen LogP contribution in [0.4, 0.5) is 13.2 Å². The van der Waals surface area contributed by atoms with Crippen molar-refractivity contribution >= 4 is 11.6 Å². The van der Waals surface area contributed by atoms with E-state index >= 15 is 0 Å². The summed E-state index contributed by atoms with van der Waals surface area (Å²) in [7, 11) is 0. The van der Waals surface area contributed by atoms with Gasteiger partial charge in [-0.1, -0.05) is 54.6 Å². The summed E-state index contributed by atoms with van der Waals surface area (Å²) in [6.45, 7) is 0. The van der Waals surface area contributed by atoms with Gasteiger partial charge in [0.2, 0.25) is 5.78 Å². The van der Waals surface area contributed by atoms with Gasteiger partial charge in [0.1, 0.15) is 0 Å². The Morgan fingerprint density at radius 2 is 1.33 bits per heavy atom. The summed E-state index contributed by atoms with van der Waals surface area (Å²) in [6, 6.07) is 15.9. The first-order chi connectivity index (χ1) is 9.88. The number of carbonyl (C=O) groups excluding carboxylic acids is 2. The summed E-state index contributed by atoms with van der Waals surface area (Å²) < 4.78 is 36.4. The molecule has 0 aromatic heterocycles. The number of alkyl halides is 3. The van der Waals surface area contributed by atoms with Gasteiger partial charge < -0.3 is 0 Å². The Morgan fingerprint density at radius 1 is 0.810 bits per heavy atom. The van der Waals surface area contributed by atoms with Crippen LogP contribution in [0.2, 0.25) is 0 Å². The van der Waals surface area contributed by atoms with Crippen molar-refractivity contribution < 1.29 is 22.8 Å². The number of ketones is 2. The van der Waals surface area contributed by atoms with Crippen LogP contribution in [0.5, 0.6) is 0 Å². The Labute approximate surface area is 119 Å². The summed E-state index contributed by atoms with van der Waals surface area (Å²) in [5.41, 5.74) is 2.22. The fourth-order valence-corrected chi connectivity index (χ4v) is 1.87. The molecule has 0 unspecified atom stereocenters. The van der Waals surface area contributed by atoms with Crippen LogP contribution in [0.25, 0.3) is 11.1 Å². The topological polar surface area (TPSA) is 34.1 Å².